The molecular weight excluding hydrogens is 186 g/mol. The highest BCUT2D eigenvalue weighted by atomic mass is 16.5. The molecule has 0 atom stereocenters. The normalized spacial score (nSPS) is 18.0. The minimum absolute atomic E-state index is 0.386. The highest BCUT2D eigenvalue weighted by Gasteiger charge is 2.42. The Hall–Kier alpha value is -1.33. The van der Waals surface area contributed by atoms with Crippen molar-refractivity contribution in [3.63, 3.8) is 0 Å². The molecule has 2 heteroatoms. The van der Waals surface area contributed by atoms with Gasteiger partial charge in [0.05, 0.1) is 19.3 Å². The Morgan fingerprint density at radius 3 is 2.33 bits per heavy atom. The van der Waals surface area contributed by atoms with Crippen LogP contribution in [0.1, 0.15) is 22.3 Å². The van der Waals surface area contributed by atoms with E-state index in [1.54, 1.807) is 0 Å². The maximum Gasteiger partial charge on any atom is 0.129 e. The molecule has 0 aliphatic carbocycles. The molecule has 0 bridgehead atoms. The minimum Gasteiger partial charge on any atom is -0.377 e. The number of hydrogen-bond acceptors (Lipinski definition) is 2. The van der Waals surface area contributed by atoms with E-state index in [2.05, 4.69) is 39.0 Å². The molecule has 1 aliphatic heterocycles. The maximum absolute atomic E-state index is 9.24. The second-order valence-corrected chi connectivity index (χ2v) is 4.37. The second-order valence-electron chi connectivity index (χ2n) is 4.37. The highest BCUT2D eigenvalue weighted by Crippen LogP contribution is 2.35. The number of benzene rings is 1. The maximum atomic E-state index is 9.24. The quantitative estimate of drug-likeness (QED) is 0.699. The molecule has 2 nitrogen and oxygen atoms in total. The second kappa shape index (κ2) is 3.36. The first-order valence-corrected chi connectivity index (χ1v) is 5.17. The lowest BCUT2D eigenvalue weighted by Crippen LogP contribution is -2.46. The van der Waals surface area contributed by atoms with Crippen LogP contribution in [0.2, 0.25) is 0 Å². The summed E-state index contributed by atoms with van der Waals surface area (Å²) in [6, 6.07) is 6.56. The topological polar surface area (TPSA) is 33.0 Å². The van der Waals surface area contributed by atoms with Gasteiger partial charge in [-0.3, -0.25) is 0 Å². The van der Waals surface area contributed by atoms with Crippen LogP contribution in [0.25, 0.3) is 0 Å². The van der Waals surface area contributed by atoms with Crippen molar-refractivity contribution < 1.29 is 4.74 Å². The predicted octanol–water partition coefficient (Wildman–Crippen LogP) is 2.40. The van der Waals surface area contributed by atoms with Crippen LogP contribution in [0.5, 0.6) is 0 Å². The average Bonchev–Trinajstić information content (AvgIpc) is 2.17. The lowest BCUT2D eigenvalue weighted by atomic mass is 9.76. The molecule has 0 aromatic heterocycles. The van der Waals surface area contributed by atoms with Gasteiger partial charge in [0.2, 0.25) is 0 Å². The minimum atomic E-state index is -0.386. The predicted molar refractivity (Wildman–Crippen MR) is 58.8 cm³/mol. The summed E-state index contributed by atoms with van der Waals surface area (Å²) in [7, 11) is 0. The highest BCUT2D eigenvalue weighted by molar-refractivity contribution is 5.47. The first-order valence-electron chi connectivity index (χ1n) is 5.17. The van der Waals surface area contributed by atoms with E-state index < -0.39 is 0 Å². The van der Waals surface area contributed by atoms with Gasteiger partial charge in [-0.05, 0) is 43.0 Å². The number of nitrogens with zero attached hydrogens (tertiary/aromatic N) is 1. The van der Waals surface area contributed by atoms with E-state index in [4.69, 9.17) is 4.74 Å². The zero-order chi connectivity index (χ0) is 11.1. The number of hydrogen-bond donors (Lipinski definition) is 0. The zero-order valence-corrected chi connectivity index (χ0v) is 9.42. The van der Waals surface area contributed by atoms with Gasteiger partial charge in [0, 0.05) is 0 Å². The molecule has 1 aromatic rings. The Morgan fingerprint density at radius 2 is 1.87 bits per heavy atom. The summed E-state index contributed by atoms with van der Waals surface area (Å²) in [6.07, 6.45) is 0. The molecule has 0 N–H and O–H groups in total. The van der Waals surface area contributed by atoms with Gasteiger partial charge >= 0.3 is 0 Å². The van der Waals surface area contributed by atoms with Crippen molar-refractivity contribution in [2.75, 3.05) is 13.2 Å². The van der Waals surface area contributed by atoms with E-state index in [-0.39, 0.29) is 5.41 Å². The molecule has 15 heavy (non-hydrogen) atoms. The molecule has 0 amide bonds. The van der Waals surface area contributed by atoms with Crippen molar-refractivity contribution >= 4 is 0 Å². The Kier molecular flexibility index (Phi) is 2.28. The summed E-state index contributed by atoms with van der Waals surface area (Å²) in [5.41, 5.74) is 4.56. The van der Waals surface area contributed by atoms with E-state index in [0.717, 1.165) is 5.56 Å². The molecular formula is C13H15NO. The Balaban J connectivity index is 2.55. The third-order valence-corrected chi connectivity index (χ3v) is 3.48. The van der Waals surface area contributed by atoms with Gasteiger partial charge < -0.3 is 4.74 Å². The summed E-state index contributed by atoms with van der Waals surface area (Å²) >= 11 is 0. The molecule has 2 rings (SSSR count). The molecule has 1 saturated heterocycles. The van der Waals surface area contributed by atoms with Crippen LogP contribution in [0, 0.1) is 32.1 Å². The standard InChI is InChI=1S/C13H15NO/c1-9-4-5-12(11(3)10(9)2)13(6-14)7-15-8-13/h4-5H,7-8H2,1-3H3. The van der Waals surface area contributed by atoms with E-state index in [9.17, 15) is 5.26 Å². The van der Waals surface area contributed by atoms with Crippen LogP contribution in [0.3, 0.4) is 0 Å². The SMILES string of the molecule is Cc1ccc(C2(C#N)COC2)c(C)c1C. The first-order chi connectivity index (χ1) is 7.10. The summed E-state index contributed by atoms with van der Waals surface area (Å²) in [5.74, 6) is 0. The van der Waals surface area contributed by atoms with Gasteiger partial charge in [0.1, 0.15) is 5.41 Å². The van der Waals surface area contributed by atoms with Crippen molar-refractivity contribution in [2.45, 2.75) is 26.2 Å². The van der Waals surface area contributed by atoms with Crippen molar-refractivity contribution in [3.05, 3.63) is 34.4 Å². The summed E-state index contributed by atoms with van der Waals surface area (Å²) in [6.45, 7) is 7.37. The van der Waals surface area contributed by atoms with Crippen molar-refractivity contribution in [2.24, 2.45) is 0 Å². The smallest absolute Gasteiger partial charge is 0.129 e. The van der Waals surface area contributed by atoms with Gasteiger partial charge in [-0.25, -0.2) is 0 Å². The van der Waals surface area contributed by atoms with Crippen molar-refractivity contribution in [1.29, 1.82) is 5.26 Å². The van der Waals surface area contributed by atoms with Crippen LogP contribution < -0.4 is 0 Å². The van der Waals surface area contributed by atoms with Gasteiger partial charge in [0.25, 0.3) is 0 Å². The van der Waals surface area contributed by atoms with E-state index in [0.29, 0.717) is 13.2 Å². The van der Waals surface area contributed by atoms with Gasteiger partial charge in [-0.15, -0.1) is 0 Å². The third-order valence-electron chi connectivity index (χ3n) is 3.48. The summed E-state index contributed by atoms with van der Waals surface area (Å²) in [4.78, 5) is 0. The van der Waals surface area contributed by atoms with Gasteiger partial charge in [-0.2, -0.15) is 5.26 Å². The van der Waals surface area contributed by atoms with Crippen LogP contribution in [0.15, 0.2) is 12.1 Å². The molecule has 0 spiro atoms. The number of aryl methyl sites for hydroxylation is 1. The fourth-order valence-electron chi connectivity index (χ4n) is 2.06. The first kappa shape index (κ1) is 10.2. The van der Waals surface area contributed by atoms with Gasteiger partial charge in [0.15, 0.2) is 0 Å². The van der Waals surface area contributed by atoms with Crippen LogP contribution in [0.4, 0.5) is 0 Å². The van der Waals surface area contributed by atoms with Crippen LogP contribution in [-0.2, 0) is 10.2 Å². The number of ether oxygens (including phenoxy) is 1. The Morgan fingerprint density at radius 1 is 1.20 bits per heavy atom. The van der Waals surface area contributed by atoms with Crippen molar-refractivity contribution in [3.8, 4) is 6.07 Å². The summed E-state index contributed by atoms with van der Waals surface area (Å²) in [5, 5.41) is 9.24. The molecule has 0 unspecified atom stereocenters. The van der Waals surface area contributed by atoms with Crippen LogP contribution >= 0.6 is 0 Å². The molecule has 78 valence electrons. The molecule has 1 heterocycles. The number of nitriles is 1. The average molecular weight is 201 g/mol. The fraction of sp³-hybridized carbons (Fsp3) is 0.462. The van der Waals surface area contributed by atoms with Crippen LogP contribution in [-0.4, -0.2) is 13.2 Å². The molecule has 1 fully saturated rings. The lowest BCUT2D eigenvalue weighted by molar-refractivity contribution is -0.0301. The van der Waals surface area contributed by atoms with E-state index in [1.807, 2.05) is 0 Å². The Labute approximate surface area is 90.5 Å². The van der Waals surface area contributed by atoms with Crippen molar-refractivity contribution in [1.82, 2.24) is 0 Å². The molecule has 1 aliphatic rings. The Bertz CT molecular complexity index is 439. The van der Waals surface area contributed by atoms with E-state index >= 15 is 0 Å². The lowest BCUT2D eigenvalue weighted by Gasteiger charge is -2.37. The summed E-state index contributed by atoms with van der Waals surface area (Å²) < 4.78 is 5.19. The zero-order valence-electron chi connectivity index (χ0n) is 9.42. The van der Waals surface area contributed by atoms with E-state index in [1.165, 1.54) is 16.7 Å². The largest absolute Gasteiger partial charge is 0.377 e. The monoisotopic (exact) mass is 201 g/mol. The molecule has 1 aromatic carbocycles. The number of rotatable bonds is 1. The molecule has 0 saturated carbocycles. The fourth-order valence-corrected chi connectivity index (χ4v) is 2.06. The molecule has 0 radical (unpaired) electrons. The van der Waals surface area contributed by atoms with Gasteiger partial charge in [-0.1, -0.05) is 12.1 Å². The third kappa shape index (κ3) is 1.35.